The van der Waals surface area contributed by atoms with Crippen LogP contribution in [-0.4, -0.2) is 48.4 Å². The van der Waals surface area contributed by atoms with Gasteiger partial charge in [0.1, 0.15) is 17.5 Å². The normalized spacial score (nSPS) is 14.9. The van der Waals surface area contributed by atoms with E-state index in [1.54, 1.807) is 72.8 Å². The van der Waals surface area contributed by atoms with Gasteiger partial charge in [-0.05, 0) is 55.5 Å². The van der Waals surface area contributed by atoms with E-state index >= 15 is 0 Å². The van der Waals surface area contributed by atoms with Gasteiger partial charge in [-0.15, -0.1) is 0 Å². The average Bonchev–Trinajstić information content (AvgIpc) is 3.19. The van der Waals surface area contributed by atoms with Crippen LogP contribution < -0.4 is 19.8 Å². The monoisotopic (exact) mass is 487 g/mol. The number of methoxy groups -OCH3 is 1. The number of imide groups is 1. The van der Waals surface area contributed by atoms with Gasteiger partial charge in [-0.2, -0.15) is 0 Å². The number of ether oxygens (including phenoxy) is 2. The number of nitrogens with zero attached hydrogens (tertiary/aromatic N) is 2. The highest BCUT2D eigenvalue weighted by atomic mass is 16.5. The van der Waals surface area contributed by atoms with Crippen LogP contribution in [0.2, 0.25) is 0 Å². The summed E-state index contributed by atoms with van der Waals surface area (Å²) in [6.45, 7) is 1.41. The lowest BCUT2D eigenvalue weighted by molar-refractivity contribution is -0.130. The van der Waals surface area contributed by atoms with Crippen molar-refractivity contribution in [2.45, 2.75) is 19.4 Å². The van der Waals surface area contributed by atoms with Crippen LogP contribution in [0.15, 0.2) is 78.9 Å². The molecule has 4 amide bonds. The maximum absolute atomic E-state index is 13.4. The summed E-state index contributed by atoms with van der Waals surface area (Å²) in [4.78, 5) is 53.3. The molecule has 1 saturated heterocycles. The number of hydrogen-bond acceptors (Lipinski definition) is 6. The quantitative estimate of drug-likeness (QED) is 0.406. The Labute approximate surface area is 208 Å². The lowest BCUT2D eigenvalue weighted by atomic mass is 10.1. The second kappa shape index (κ2) is 10.7. The van der Waals surface area contributed by atoms with Crippen molar-refractivity contribution >= 4 is 29.3 Å². The number of rotatable bonds is 7. The molecule has 9 nitrogen and oxygen atoms in total. The van der Waals surface area contributed by atoms with Crippen molar-refractivity contribution in [1.29, 1.82) is 0 Å². The minimum absolute atomic E-state index is 0.268. The summed E-state index contributed by atoms with van der Waals surface area (Å²) in [7, 11) is 1.54. The lowest BCUT2D eigenvalue weighted by Crippen LogP contribution is -2.55. The van der Waals surface area contributed by atoms with Crippen molar-refractivity contribution in [3.05, 3.63) is 90.0 Å². The van der Waals surface area contributed by atoms with Gasteiger partial charge >= 0.3 is 0 Å². The summed E-state index contributed by atoms with van der Waals surface area (Å²) in [6, 6.07) is 20.6. The number of carbonyl (C=O) groups excluding carboxylic acids is 4. The Morgan fingerprint density at radius 1 is 0.972 bits per heavy atom. The van der Waals surface area contributed by atoms with E-state index in [4.69, 9.17) is 9.47 Å². The zero-order valence-electron chi connectivity index (χ0n) is 19.8. The number of nitrogens with one attached hydrogen (secondary N) is 1. The Kier molecular flexibility index (Phi) is 7.29. The largest absolute Gasteiger partial charge is 0.497 e. The Morgan fingerprint density at radius 3 is 2.33 bits per heavy atom. The molecule has 0 bridgehead atoms. The molecule has 1 N–H and O–H groups in total. The number of hydrazine groups is 1. The van der Waals surface area contributed by atoms with Crippen LogP contribution in [0.3, 0.4) is 0 Å². The van der Waals surface area contributed by atoms with E-state index in [-0.39, 0.29) is 12.0 Å². The summed E-state index contributed by atoms with van der Waals surface area (Å²) in [5.41, 5.74) is 3.98. The Bertz CT molecular complexity index is 1280. The molecule has 0 aromatic heterocycles. The van der Waals surface area contributed by atoms with Gasteiger partial charge in [-0.3, -0.25) is 24.6 Å². The second-order valence-electron chi connectivity index (χ2n) is 8.17. The SMILES string of the molecule is COc1ccc(OCC(=O)NN(C(=O)c2cccc(C)c2)C2CC(=O)N(c3ccccc3)C2=O)cc1. The zero-order chi connectivity index (χ0) is 25.7. The molecule has 3 aromatic rings. The van der Waals surface area contributed by atoms with Crippen molar-refractivity contribution in [2.75, 3.05) is 18.6 Å². The molecule has 0 aliphatic carbocycles. The van der Waals surface area contributed by atoms with Gasteiger partial charge in [0, 0.05) is 5.56 Å². The predicted octanol–water partition coefficient (Wildman–Crippen LogP) is 2.89. The number of benzene rings is 3. The first-order valence-corrected chi connectivity index (χ1v) is 11.3. The van der Waals surface area contributed by atoms with Crippen LogP contribution >= 0.6 is 0 Å². The number of amides is 4. The van der Waals surface area contributed by atoms with E-state index in [1.165, 1.54) is 7.11 Å². The molecular formula is C27H25N3O6. The first-order chi connectivity index (χ1) is 17.4. The molecule has 1 unspecified atom stereocenters. The van der Waals surface area contributed by atoms with Gasteiger partial charge in [0.25, 0.3) is 17.7 Å². The molecule has 1 aliphatic heterocycles. The fraction of sp³-hybridized carbons (Fsp3) is 0.185. The van der Waals surface area contributed by atoms with Gasteiger partial charge in [0.15, 0.2) is 6.61 Å². The standard InChI is InChI=1S/C27H25N3O6/c1-18-7-6-8-19(15-18)26(33)30(28-24(31)17-36-22-13-11-21(35-2)12-14-22)23-16-25(32)29(27(23)34)20-9-4-3-5-10-20/h3-15,23H,16-17H2,1-2H3,(H,28,31). The van der Waals surface area contributed by atoms with Gasteiger partial charge < -0.3 is 9.47 Å². The Morgan fingerprint density at radius 2 is 1.67 bits per heavy atom. The van der Waals surface area contributed by atoms with Crippen molar-refractivity contribution in [2.24, 2.45) is 0 Å². The maximum atomic E-state index is 13.4. The van der Waals surface area contributed by atoms with Gasteiger partial charge in [0.2, 0.25) is 5.91 Å². The molecule has 1 aliphatic rings. The van der Waals surface area contributed by atoms with Gasteiger partial charge in [0.05, 0.1) is 19.2 Å². The molecule has 36 heavy (non-hydrogen) atoms. The maximum Gasteiger partial charge on any atom is 0.276 e. The average molecular weight is 488 g/mol. The number of carbonyl (C=O) groups is 4. The third kappa shape index (κ3) is 5.35. The molecule has 4 rings (SSSR count). The highest BCUT2D eigenvalue weighted by Gasteiger charge is 2.45. The summed E-state index contributed by atoms with van der Waals surface area (Å²) >= 11 is 0. The van der Waals surface area contributed by atoms with Crippen molar-refractivity contribution < 1.29 is 28.7 Å². The number of anilines is 1. The third-order valence-electron chi connectivity index (χ3n) is 5.61. The molecule has 9 heteroatoms. The number of aryl methyl sites for hydroxylation is 1. The first-order valence-electron chi connectivity index (χ1n) is 11.3. The molecule has 3 aromatic carbocycles. The van der Waals surface area contributed by atoms with E-state index in [2.05, 4.69) is 5.43 Å². The van der Waals surface area contributed by atoms with E-state index in [1.807, 2.05) is 13.0 Å². The number of para-hydroxylation sites is 1. The van der Waals surface area contributed by atoms with Crippen molar-refractivity contribution in [3.8, 4) is 11.5 Å². The Balaban J connectivity index is 1.55. The molecule has 1 atom stereocenters. The van der Waals surface area contributed by atoms with Crippen LogP contribution in [-0.2, 0) is 14.4 Å². The second-order valence-corrected chi connectivity index (χ2v) is 8.17. The molecule has 1 fully saturated rings. The third-order valence-corrected chi connectivity index (χ3v) is 5.61. The molecule has 0 radical (unpaired) electrons. The van der Waals surface area contributed by atoms with Crippen LogP contribution in [0.5, 0.6) is 11.5 Å². The van der Waals surface area contributed by atoms with Crippen molar-refractivity contribution in [1.82, 2.24) is 10.4 Å². The molecule has 0 saturated carbocycles. The summed E-state index contributed by atoms with van der Waals surface area (Å²) in [5, 5.41) is 0.928. The van der Waals surface area contributed by atoms with E-state index in [0.717, 1.165) is 15.5 Å². The molecule has 184 valence electrons. The fourth-order valence-electron chi connectivity index (χ4n) is 3.84. The highest BCUT2D eigenvalue weighted by Crippen LogP contribution is 2.26. The van der Waals surface area contributed by atoms with Crippen molar-refractivity contribution in [3.63, 3.8) is 0 Å². The fourth-order valence-corrected chi connectivity index (χ4v) is 3.84. The van der Waals surface area contributed by atoms with E-state index < -0.39 is 36.3 Å². The topological polar surface area (TPSA) is 105 Å². The number of hydrogen-bond donors (Lipinski definition) is 1. The smallest absolute Gasteiger partial charge is 0.276 e. The summed E-state index contributed by atoms with van der Waals surface area (Å²) in [6.07, 6.45) is -0.273. The van der Waals surface area contributed by atoms with E-state index in [9.17, 15) is 19.2 Å². The first kappa shape index (κ1) is 24.5. The van der Waals surface area contributed by atoms with Crippen LogP contribution in [0.1, 0.15) is 22.3 Å². The summed E-state index contributed by atoms with van der Waals surface area (Å²) < 4.78 is 10.6. The zero-order valence-corrected chi connectivity index (χ0v) is 19.8. The van der Waals surface area contributed by atoms with Crippen LogP contribution in [0.4, 0.5) is 5.69 Å². The molecule has 0 spiro atoms. The van der Waals surface area contributed by atoms with Crippen LogP contribution in [0, 0.1) is 6.92 Å². The minimum Gasteiger partial charge on any atom is -0.497 e. The Hall–Kier alpha value is -4.66. The van der Waals surface area contributed by atoms with Crippen LogP contribution in [0.25, 0.3) is 0 Å². The predicted molar refractivity (Wildman–Crippen MR) is 131 cm³/mol. The minimum atomic E-state index is -1.21. The summed E-state index contributed by atoms with van der Waals surface area (Å²) in [5.74, 6) is -1.30. The molecular weight excluding hydrogens is 462 g/mol. The van der Waals surface area contributed by atoms with Gasteiger partial charge in [-0.1, -0.05) is 35.9 Å². The molecule has 1 heterocycles. The lowest BCUT2D eigenvalue weighted by Gasteiger charge is -2.28. The van der Waals surface area contributed by atoms with E-state index in [0.29, 0.717) is 17.2 Å². The van der Waals surface area contributed by atoms with Gasteiger partial charge in [-0.25, -0.2) is 9.91 Å². The highest BCUT2D eigenvalue weighted by molar-refractivity contribution is 6.23.